The van der Waals surface area contributed by atoms with E-state index in [-0.39, 0.29) is 5.91 Å². The van der Waals surface area contributed by atoms with Gasteiger partial charge in [0.05, 0.1) is 7.11 Å². The quantitative estimate of drug-likeness (QED) is 0.429. The third-order valence-electron chi connectivity index (χ3n) is 4.89. The van der Waals surface area contributed by atoms with Crippen molar-refractivity contribution in [1.29, 1.82) is 0 Å². The van der Waals surface area contributed by atoms with E-state index in [0.717, 1.165) is 34.5 Å². The van der Waals surface area contributed by atoms with Gasteiger partial charge in [0, 0.05) is 29.9 Å². The Hall–Kier alpha value is -3.61. The van der Waals surface area contributed by atoms with E-state index in [9.17, 15) is 4.79 Å². The number of rotatable bonds is 8. The number of nitrogens with zero attached hydrogens (tertiary/aromatic N) is 2. The van der Waals surface area contributed by atoms with Crippen molar-refractivity contribution in [3.63, 3.8) is 0 Å². The number of benzene rings is 2. The second-order valence-corrected chi connectivity index (χ2v) is 6.86. The molecular formula is C22H23N5O2. The smallest absolute Gasteiger partial charge is 0.248 e. The first-order valence-corrected chi connectivity index (χ1v) is 9.60. The molecule has 3 N–H and O–H groups in total. The number of methoxy groups -OCH3 is 1. The zero-order valence-corrected chi connectivity index (χ0v) is 16.2. The van der Waals surface area contributed by atoms with Crippen LogP contribution in [-0.4, -0.2) is 33.2 Å². The van der Waals surface area contributed by atoms with Crippen molar-refractivity contribution in [2.24, 2.45) is 0 Å². The minimum Gasteiger partial charge on any atom is -0.497 e. The number of hydrogen-bond acceptors (Lipinski definition) is 4. The van der Waals surface area contributed by atoms with Crippen LogP contribution in [0.15, 0.2) is 54.7 Å². The first-order valence-electron chi connectivity index (χ1n) is 9.60. The van der Waals surface area contributed by atoms with Gasteiger partial charge < -0.3 is 9.72 Å². The molecule has 2 heterocycles. The van der Waals surface area contributed by atoms with Gasteiger partial charge in [-0.3, -0.25) is 15.2 Å². The molecule has 0 aliphatic carbocycles. The van der Waals surface area contributed by atoms with Crippen LogP contribution in [0, 0.1) is 0 Å². The molecule has 0 fully saturated rings. The lowest BCUT2D eigenvalue weighted by Gasteiger charge is -2.02. The number of nitrogens with one attached hydrogen (secondary N) is 3. The summed E-state index contributed by atoms with van der Waals surface area (Å²) in [6.07, 6.45) is 4.53. The molecule has 0 bridgehead atoms. The summed E-state index contributed by atoms with van der Waals surface area (Å²) in [7, 11) is 1.65. The number of hydrogen-bond donors (Lipinski definition) is 3. The van der Waals surface area contributed by atoms with E-state index in [2.05, 4.69) is 31.5 Å². The van der Waals surface area contributed by atoms with Gasteiger partial charge in [0.15, 0.2) is 0 Å². The van der Waals surface area contributed by atoms with Crippen molar-refractivity contribution < 1.29 is 9.53 Å². The summed E-state index contributed by atoms with van der Waals surface area (Å²) in [5.41, 5.74) is 3.40. The summed E-state index contributed by atoms with van der Waals surface area (Å²) in [5.74, 6) is 1.80. The van der Waals surface area contributed by atoms with E-state index in [4.69, 9.17) is 4.74 Å². The van der Waals surface area contributed by atoms with Gasteiger partial charge in [0.2, 0.25) is 11.9 Å². The molecule has 0 saturated carbocycles. The molecule has 148 valence electrons. The Morgan fingerprint density at radius 2 is 1.90 bits per heavy atom. The first-order chi connectivity index (χ1) is 14.2. The van der Waals surface area contributed by atoms with Crippen LogP contribution in [-0.2, 0) is 24.1 Å². The summed E-state index contributed by atoms with van der Waals surface area (Å²) in [6.45, 7) is 0. The van der Waals surface area contributed by atoms with Crippen molar-refractivity contribution in [1.82, 2.24) is 20.2 Å². The topological polar surface area (TPSA) is 95.7 Å². The number of amides is 1. The Bertz CT molecular complexity index is 1100. The van der Waals surface area contributed by atoms with Gasteiger partial charge in [0.1, 0.15) is 11.6 Å². The van der Waals surface area contributed by atoms with Crippen LogP contribution in [0.2, 0.25) is 0 Å². The van der Waals surface area contributed by atoms with Crippen LogP contribution < -0.4 is 10.1 Å². The van der Waals surface area contributed by atoms with E-state index in [0.29, 0.717) is 25.2 Å². The van der Waals surface area contributed by atoms with E-state index in [1.54, 1.807) is 7.11 Å². The van der Waals surface area contributed by atoms with Crippen LogP contribution in [0.25, 0.3) is 10.9 Å². The molecule has 7 heteroatoms. The highest BCUT2D eigenvalue weighted by atomic mass is 16.5. The zero-order valence-electron chi connectivity index (χ0n) is 16.2. The number of carbonyl (C=O) groups is 1. The number of fused-ring (bicyclic) bond motifs is 1. The highest BCUT2D eigenvalue weighted by Crippen LogP contribution is 2.19. The van der Waals surface area contributed by atoms with Crippen LogP contribution in [0.5, 0.6) is 5.75 Å². The van der Waals surface area contributed by atoms with E-state index >= 15 is 0 Å². The fourth-order valence-electron chi connectivity index (χ4n) is 3.29. The molecule has 0 radical (unpaired) electrons. The maximum Gasteiger partial charge on any atom is 0.248 e. The minimum absolute atomic E-state index is 0.101. The number of para-hydroxylation sites is 1. The number of anilines is 1. The Morgan fingerprint density at radius 3 is 2.72 bits per heavy atom. The van der Waals surface area contributed by atoms with Crippen LogP contribution in [0.3, 0.4) is 0 Å². The highest BCUT2D eigenvalue weighted by molar-refractivity contribution is 5.90. The minimum atomic E-state index is -0.101. The average Bonchev–Trinajstić information content (AvgIpc) is 3.38. The molecule has 4 aromatic rings. The normalized spacial score (nSPS) is 10.9. The third-order valence-corrected chi connectivity index (χ3v) is 4.89. The fraction of sp³-hybridized carbons (Fsp3) is 0.227. The molecule has 29 heavy (non-hydrogen) atoms. The molecular weight excluding hydrogens is 366 g/mol. The molecule has 0 atom stereocenters. The Morgan fingerprint density at radius 1 is 1.07 bits per heavy atom. The highest BCUT2D eigenvalue weighted by Gasteiger charge is 2.10. The number of H-pyrrole nitrogens is 2. The Kier molecular flexibility index (Phi) is 5.56. The molecule has 2 aromatic carbocycles. The van der Waals surface area contributed by atoms with Crippen molar-refractivity contribution in [3.05, 3.63) is 71.7 Å². The summed E-state index contributed by atoms with van der Waals surface area (Å²) in [4.78, 5) is 19.9. The second kappa shape index (κ2) is 8.60. The summed E-state index contributed by atoms with van der Waals surface area (Å²) in [5, 5.41) is 10.9. The van der Waals surface area contributed by atoms with Crippen molar-refractivity contribution in [2.75, 3.05) is 12.4 Å². The number of carbonyl (C=O) groups excluding carboxylic acids is 1. The van der Waals surface area contributed by atoms with Gasteiger partial charge in [-0.2, -0.15) is 4.98 Å². The first kappa shape index (κ1) is 18.7. The fourth-order valence-corrected chi connectivity index (χ4v) is 3.29. The molecule has 0 unspecified atom stereocenters. The average molecular weight is 389 g/mol. The summed E-state index contributed by atoms with van der Waals surface area (Å²) < 4.78 is 5.17. The largest absolute Gasteiger partial charge is 0.497 e. The Labute approximate surface area is 168 Å². The lowest BCUT2D eigenvalue weighted by Crippen LogP contribution is -2.13. The van der Waals surface area contributed by atoms with Crippen molar-refractivity contribution in [2.45, 2.75) is 25.7 Å². The monoisotopic (exact) mass is 389 g/mol. The molecule has 4 rings (SSSR count). The van der Waals surface area contributed by atoms with Crippen molar-refractivity contribution >= 4 is 22.8 Å². The van der Waals surface area contributed by atoms with Crippen LogP contribution >= 0.6 is 0 Å². The van der Waals surface area contributed by atoms with Gasteiger partial charge in [0.25, 0.3) is 0 Å². The van der Waals surface area contributed by atoms with E-state index in [1.165, 1.54) is 5.56 Å². The van der Waals surface area contributed by atoms with Gasteiger partial charge in [-0.25, -0.2) is 0 Å². The second-order valence-electron chi connectivity index (χ2n) is 6.86. The maximum absolute atomic E-state index is 12.3. The summed E-state index contributed by atoms with van der Waals surface area (Å²) >= 11 is 0. The lowest BCUT2D eigenvalue weighted by atomic mass is 10.1. The van der Waals surface area contributed by atoms with Gasteiger partial charge >= 0.3 is 0 Å². The standard InChI is InChI=1S/C22H23N5O2/c1-29-17-10-6-15(7-11-17)8-12-20-24-22(27-26-20)25-21(28)13-9-16-14-23-19-5-3-2-4-18(16)19/h2-7,10-11,14,23H,8-9,12-13H2,1H3,(H2,24,25,26,27,28). The van der Waals surface area contributed by atoms with E-state index in [1.807, 2.05) is 48.7 Å². The number of ether oxygens (including phenoxy) is 1. The zero-order chi connectivity index (χ0) is 20.1. The number of aryl methyl sites for hydroxylation is 3. The number of aromatic amines is 2. The van der Waals surface area contributed by atoms with E-state index < -0.39 is 0 Å². The number of aromatic nitrogens is 4. The molecule has 1 amide bonds. The van der Waals surface area contributed by atoms with Gasteiger partial charge in [-0.15, -0.1) is 5.10 Å². The van der Waals surface area contributed by atoms with Gasteiger partial charge in [-0.05, 0) is 42.2 Å². The molecule has 0 aliphatic heterocycles. The van der Waals surface area contributed by atoms with Gasteiger partial charge in [-0.1, -0.05) is 30.3 Å². The molecule has 0 aliphatic rings. The predicted octanol–water partition coefficient (Wildman–Crippen LogP) is 3.65. The summed E-state index contributed by atoms with van der Waals surface area (Å²) in [6, 6.07) is 16.0. The van der Waals surface area contributed by atoms with Crippen LogP contribution in [0.4, 0.5) is 5.95 Å². The Balaban J connectivity index is 1.27. The van der Waals surface area contributed by atoms with Crippen molar-refractivity contribution in [3.8, 4) is 5.75 Å². The third kappa shape index (κ3) is 4.63. The predicted molar refractivity (Wildman–Crippen MR) is 112 cm³/mol. The SMILES string of the molecule is COc1ccc(CCc2nc(NC(=O)CCc3c[nH]c4ccccc34)n[nH]2)cc1. The maximum atomic E-state index is 12.3. The molecule has 7 nitrogen and oxygen atoms in total. The van der Waals surface area contributed by atoms with Crippen LogP contribution in [0.1, 0.15) is 23.4 Å². The molecule has 0 spiro atoms. The lowest BCUT2D eigenvalue weighted by molar-refractivity contribution is -0.116. The molecule has 2 aromatic heterocycles. The molecule has 0 saturated heterocycles.